The highest BCUT2D eigenvalue weighted by atomic mass is 16.5. The molecule has 8 nitrogen and oxygen atoms in total. The molecule has 2 heterocycles. The topological polar surface area (TPSA) is 96.4 Å². The Balaban J connectivity index is 1.62. The number of carbonyl (C=O) groups excluding carboxylic acids is 3. The molecule has 192 valence electrons. The zero-order valence-corrected chi connectivity index (χ0v) is 21.1. The third kappa shape index (κ3) is 5.60. The van der Waals surface area contributed by atoms with Gasteiger partial charge in [0.2, 0.25) is 5.78 Å². The number of hydrogen-bond donors (Lipinski definition) is 1. The standard InChI is InChI=1S/C28H34N2O6/c1-18(2)17-36-23-9-6-21(16-19(23)3)26(32)24-25(20-4-7-22(31)8-5-20)30(28(34)27(24)33)11-10-29-12-14-35-15-13-29/h4-9,16,18,24-25,31H,10-15,17H2,1-3H3. The molecule has 0 aromatic heterocycles. The summed E-state index contributed by atoms with van der Waals surface area (Å²) >= 11 is 0. The number of ether oxygens (including phenoxy) is 2. The number of nitrogens with zero attached hydrogens (tertiary/aromatic N) is 2. The number of Topliss-reactive ketones (excluding diaryl/α,β-unsaturated/α-hetero) is 2. The molecule has 2 atom stereocenters. The molecule has 2 fully saturated rings. The van der Waals surface area contributed by atoms with E-state index in [0.29, 0.717) is 55.7 Å². The maximum absolute atomic E-state index is 13.7. The third-order valence-corrected chi connectivity index (χ3v) is 6.72. The van der Waals surface area contributed by atoms with Gasteiger partial charge in [0.1, 0.15) is 17.4 Å². The first-order valence-corrected chi connectivity index (χ1v) is 12.5. The summed E-state index contributed by atoms with van der Waals surface area (Å²) in [7, 11) is 0. The second kappa shape index (κ2) is 11.2. The second-order valence-corrected chi connectivity index (χ2v) is 9.88. The zero-order valence-electron chi connectivity index (χ0n) is 21.1. The lowest BCUT2D eigenvalue weighted by atomic mass is 9.86. The number of amides is 1. The largest absolute Gasteiger partial charge is 0.508 e. The summed E-state index contributed by atoms with van der Waals surface area (Å²) in [6, 6.07) is 10.7. The lowest BCUT2D eigenvalue weighted by Crippen LogP contribution is -2.42. The molecular formula is C28H34N2O6. The van der Waals surface area contributed by atoms with E-state index in [2.05, 4.69) is 18.7 Å². The number of rotatable bonds is 9. The fraction of sp³-hybridized carbons (Fsp3) is 0.464. The Hall–Kier alpha value is -3.23. The van der Waals surface area contributed by atoms with Crippen molar-refractivity contribution < 1.29 is 29.0 Å². The van der Waals surface area contributed by atoms with E-state index >= 15 is 0 Å². The summed E-state index contributed by atoms with van der Waals surface area (Å²) in [6.45, 7) is 10.2. The quantitative estimate of drug-likeness (QED) is 0.325. The number of phenols is 1. The fourth-order valence-corrected chi connectivity index (χ4v) is 4.75. The highest BCUT2D eigenvalue weighted by Crippen LogP contribution is 2.39. The molecule has 2 aliphatic rings. The van der Waals surface area contributed by atoms with Gasteiger partial charge in [0.05, 0.1) is 25.9 Å². The van der Waals surface area contributed by atoms with Crippen molar-refractivity contribution in [1.82, 2.24) is 9.80 Å². The number of carbonyl (C=O) groups is 3. The lowest BCUT2D eigenvalue weighted by molar-refractivity contribution is -0.141. The van der Waals surface area contributed by atoms with Crippen LogP contribution < -0.4 is 4.74 Å². The zero-order chi connectivity index (χ0) is 25.8. The molecule has 2 aromatic rings. The Morgan fingerprint density at radius 3 is 2.42 bits per heavy atom. The monoisotopic (exact) mass is 494 g/mol. The first-order chi connectivity index (χ1) is 17.3. The molecule has 1 amide bonds. The van der Waals surface area contributed by atoms with E-state index in [1.165, 1.54) is 17.0 Å². The van der Waals surface area contributed by atoms with Crippen LogP contribution >= 0.6 is 0 Å². The van der Waals surface area contributed by atoms with Crippen molar-refractivity contribution in [3.63, 3.8) is 0 Å². The van der Waals surface area contributed by atoms with Crippen LogP contribution in [-0.2, 0) is 14.3 Å². The van der Waals surface area contributed by atoms with E-state index in [1.807, 2.05) is 6.92 Å². The summed E-state index contributed by atoms with van der Waals surface area (Å²) in [5.74, 6) is -1.76. The minimum atomic E-state index is -1.16. The van der Waals surface area contributed by atoms with Crippen molar-refractivity contribution in [3.05, 3.63) is 59.2 Å². The Bertz CT molecular complexity index is 1110. The molecule has 1 N–H and O–H groups in total. The first-order valence-electron chi connectivity index (χ1n) is 12.5. The molecule has 2 aliphatic heterocycles. The number of phenolic OH excluding ortho intramolecular Hbond substituents is 1. The predicted molar refractivity (Wildman–Crippen MR) is 134 cm³/mol. The van der Waals surface area contributed by atoms with Gasteiger partial charge in [-0.2, -0.15) is 0 Å². The molecule has 2 unspecified atom stereocenters. The number of morpholine rings is 1. The van der Waals surface area contributed by atoms with Crippen LogP contribution in [0.1, 0.15) is 41.4 Å². The average molecular weight is 495 g/mol. The van der Waals surface area contributed by atoms with Gasteiger partial charge in [0.25, 0.3) is 5.91 Å². The molecule has 0 radical (unpaired) electrons. The minimum absolute atomic E-state index is 0.0738. The maximum Gasteiger partial charge on any atom is 0.291 e. The van der Waals surface area contributed by atoms with Crippen LogP contribution in [0.15, 0.2) is 42.5 Å². The van der Waals surface area contributed by atoms with Crippen LogP contribution in [0.25, 0.3) is 0 Å². The van der Waals surface area contributed by atoms with Crippen LogP contribution in [0.2, 0.25) is 0 Å². The smallest absolute Gasteiger partial charge is 0.291 e. The molecule has 0 bridgehead atoms. The van der Waals surface area contributed by atoms with Gasteiger partial charge in [-0.3, -0.25) is 19.3 Å². The van der Waals surface area contributed by atoms with Crippen molar-refractivity contribution >= 4 is 17.5 Å². The van der Waals surface area contributed by atoms with E-state index in [4.69, 9.17) is 9.47 Å². The van der Waals surface area contributed by atoms with Gasteiger partial charge < -0.3 is 19.5 Å². The lowest BCUT2D eigenvalue weighted by Gasteiger charge is -2.31. The number of hydrogen-bond acceptors (Lipinski definition) is 7. The van der Waals surface area contributed by atoms with Crippen LogP contribution in [0.3, 0.4) is 0 Å². The summed E-state index contributed by atoms with van der Waals surface area (Å²) in [5.41, 5.74) is 1.80. The van der Waals surface area contributed by atoms with E-state index in [-0.39, 0.29) is 11.5 Å². The molecule has 36 heavy (non-hydrogen) atoms. The Morgan fingerprint density at radius 1 is 1.08 bits per heavy atom. The SMILES string of the molecule is Cc1cc(C(=O)C2C(=O)C(=O)N(CCN3CCOCC3)C2c2ccc(O)cc2)ccc1OCC(C)C. The summed E-state index contributed by atoms with van der Waals surface area (Å²) in [5, 5.41) is 9.79. The third-order valence-electron chi connectivity index (χ3n) is 6.72. The normalized spacial score (nSPS) is 20.8. The van der Waals surface area contributed by atoms with E-state index in [1.54, 1.807) is 30.3 Å². The molecule has 4 rings (SSSR count). The van der Waals surface area contributed by atoms with Crippen molar-refractivity contribution in [2.24, 2.45) is 11.8 Å². The summed E-state index contributed by atoms with van der Waals surface area (Å²) in [4.78, 5) is 43.8. The number of benzene rings is 2. The Morgan fingerprint density at radius 2 is 1.78 bits per heavy atom. The van der Waals surface area contributed by atoms with Gasteiger partial charge in [0.15, 0.2) is 5.78 Å². The molecule has 0 spiro atoms. The highest BCUT2D eigenvalue weighted by Gasteiger charge is 2.51. The number of ketones is 2. The molecule has 2 aromatic carbocycles. The first kappa shape index (κ1) is 25.9. The van der Waals surface area contributed by atoms with Crippen LogP contribution in [0.4, 0.5) is 0 Å². The number of likely N-dealkylation sites (tertiary alicyclic amines) is 1. The van der Waals surface area contributed by atoms with Gasteiger partial charge in [0, 0.05) is 31.7 Å². The van der Waals surface area contributed by atoms with Gasteiger partial charge in [-0.15, -0.1) is 0 Å². The molecular weight excluding hydrogens is 460 g/mol. The molecule has 0 aliphatic carbocycles. The van der Waals surface area contributed by atoms with Gasteiger partial charge in [-0.1, -0.05) is 26.0 Å². The van der Waals surface area contributed by atoms with Crippen LogP contribution in [0.5, 0.6) is 11.5 Å². The summed E-state index contributed by atoms with van der Waals surface area (Å²) < 4.78 is 11.2. The average Bonchev–Trinajstić information content (AvgIpc) is 3.12. The van der Waals surface area contributed by atoms with Crippen molar-refractivity contribution in [1.29, 1.82) is 0 Å². The van der Waals surface area contributed by atoms with E-state index < -0.39 is 23.7 Å². The molecule has 2 saturated heterocycles. The van der Waals surface area contributed by atoms with Crippen molar-refractivity contribution in [2.75, 3.05) is 46.0 Å². The second-order valence-electron chi connectivity index (χ2n) is 9.88. The van der Waals surface area contributed by atoms with Crippen molar-refractivity contribution in [3.8, 4) is 11.5 Å². The molecule has 0 saturated carbocycles. The predicted octanol–water partition coefficient (Wildman–Crippen LogP) is 3.02. The van der Waals surface area contributed by atoms with Gasteiger partial charge in [-0.05, 0) is 54.3 Å². The van der Waals surface area contributed by atoms with Crippen LogP contribution in [0, 0.1) is 18.8 Å². The minimum Gasteiger partial charge on any atom is -0.508 e. The number of aromatic hydroxyl groups is 1. The Labute approximate surface area is 211 Å². The summed E-state index contributed by atoms with van der Waals surface area (Å²) in [6.07, 6.45) is 0. The molecule has 8 heteroatoms. The van der Waals surface area contributed by atoms with E-state index in [0.717, 1.165) is 18.7 Å². The van der Waals surface area contributed by atoms with E-state index in [9.17, 15) is 19.5 Å². The Kier molecular flexibility index (Phi) is 8.06. The number of aryl methyl sites for hydroxylation is 1. The van der Waals surface area contributed by atoms with Crippen molar-refractivity contribution in [2.45, 2.75) is 26.8 Å². The maximum atomic E-state index is 13.7. The highest BCUT2D eigenvalue weighted by molar-refractivity contribution is 6.44. The fourth-order valence-electron chi connectivity index (χ4n) is 4.75. The van der Waals surface area contributed by atoms with Gasteiger partial charge >= 0.3 is 0 Å². The van der Waals surface area contributed by atoms with Crippen LogP contribution in [-0.4, -0.2) is 78.4 Å². The van der Waals surface area contributed by atoms with Gasteiger partial charge in [-0.25, -0.2) is 0 Å².